The van der Waals surface area contributed by atoms with Crippen molar-refractivity contribution in [2.45, 2.75) is 32.3 Å². The fourth-order valence-corrected chi connectivity index (χ4v) is 2.42. The van der Waals surface area contributed by atoms with E-state index in [-0.39, 0.29) is 11.0 Å². The van der Waals surface area contributed by atoms with Crippen molar-refractivity contribution in [2.75, 3.05) is 27.2 Å². The number of carbonyl (C=O) groups excluding carboxylic acids is 1. The molecule has 0 radical (unpaired) electrons. The van der Waals surface area contributed by atoms with Crippen LogP contribution in [0, 0.1) is 5.41 Å². The summed E-state index contributed by atoms with van der Waals surface area (Å²) >= 11 is 0. The second-order valence-corrected chi connectivity index (χ2v) is 5.25. The molecule has 0 aromatic heterocycles. The normalized spacial score (nSPS) is 31.8. The number of hydrogen-bond donors (Lipinski definition) is 0. The Balaban J connectivity index is 2.73. The van der Waals surface area contributed by atoms with E-state index in [0.717, 1.165) is 25.7 Å². The molecule has 1 fully saturated rings. The van der Waals surface area contributed by atoms with Crippen LogP contribution >= 0.6 is 0 Å². The van der Waals surface area contributed by atoms with E-state index in [1.807, 2.05) is 14.1 Å². The minimum atomic E-state index is -0.203. The number of nitrogens with zero attached hydrogens (tertiary/aromatic N) is 1. The lowest BCUT2D eigenvalue weighted by Crippen LogP contribution is -2.47. The Morgan fingerprint density at radius 3 is 2.50 bits per heavy atom. The van der Waals surface area contributed by atoms with Gasteiger partial charge in [-0.3, -0.25) is 0 Å². The van der Waals surface area contributed by atoms with E-state index in [1.165, 1.54) is 0 Å². The zero-order chi connectivity index (χ0) is 10.8. The summed E-state index contributed by atoms with van der Waals surface area (Å²) in [6.07, 6.45) is 2.79. The largest absolute Gasteiger partial charge is 0.376 e. The number of ether oxygens (including phenoxy) is 1. The van der Waals surface area contributed by atoms with Crippen molar-refractivity contribution in [3.8, 4) is 0 Å². The van der Waals surface area contributed by atoms with Crippen LogP contribution in [0.5, 0.6) is 0 Å². The van der Waals surface area contributed by atoms with E-state index in [4.69, 9.17) is 4.74 Å². The molecule has 1 aliphatic heterocycles. The first-order chi connectivity index (χ1) is 6.39. The standard InChI is InChI=1S/C11H21NO2/c1-10(2)7-11(9-13,5-6-14-10)8-12(3)4/h9H,5-8H2,1-4H3. The van der Waals surface area contributed by atoms with Crippen molar-refractivity contribution in [1.82, 2.24) is 4.90 Å². The molecule has 82 valence electrons. The van der Waals surface area contributed by atoms with Gasteiger partial charge >= 0.3 is 0 Å². The average molecular weight is 199 g/mol. The number of carbonyl (C=O) groups is 1. The Bertz CT molecular complexity index is 213. The smallest absolute Gasteiger partial charge is 0.127 e. The molecule has 1 aliphatic rings. The zero-order valence-electron chi connectivity index (χ0n) is 9.67. The first-order valence-electron chi connectivity index (χ1n) is 5.14. The molecule has 1 saturated heterocycles. The quantitative estimate of drug-likeness (QED) is 0.642. The third-order valence-electron chi connectivity index (χ3n) is 2.75. The Kier molecular flexibility index (Phi) is 3.32. The van der Waals surface area contributed by atoms with Gasteiger partial charge in [0.15, 0.2) is 0 Å². The van der Waals surface area contributed by atoms with Crippen LogP contribution in [0.15, 0.2) is 0 Å². The van der Waals surface area contributed by atoms with Crippen LogP contribution in [0.4, 0.5) is 0 Å². The SMILES string of the molecule is CN(C)CC1(C=O)CCOC(C)(C)C1. The Labute approximate surface area is 86.4 Å². The molecule has 0 bridgehead atoms. The molecule has 0 amide bonds. The van der Waals surface area contributed by atoms with Gasteiger partial charge in [-0.2, -0.15) is 0 Å². The number of rotatable bonds is 3. The van der Waals surface area contributed by atoms with Crippen LogP contribution in [-0.2, 0) is 9.53 Å². The third-order valence-corrected chi connectivity index (χ3v) is 2.75. The van der Waals surface area contributed by atoms with E-state index < -0.39 is 0 Å². The number of aldehydes is 1. The van der Waals surface area contributed by atoms with Gasteiger partial charge in [-0.1, -0.05) is 0 Å². The van der Waals surface area contributed by atoms with Crippen LogP contribution in [0.25, 0.3) is 0 Å². The zero-order valence-corrected chi connectivity index (χ0v) is 9.67. The molecular formula is C11H21NO2. The van der Waals surface area contributed by atoms with Gasteiger partial charge < -0.3 is 14.4 Å². The topological polar surface area (TPSA) is 29.5 Å². The van der Waals surface area contributed by atoms with Crippen molar-refractivity contribution in [1.29, 1.82) is 0 Å². The molecule has 0 N–H and O–H groups in total. The molecule has 1 unspecified atom stereocenters. The molecule has 3 nitrogen and oxygen atoms in total. The van der Waals surface area contributed by atoms with Crippen molar-refractivity contribution < 1.29 is 9.53 Å². The summed E-state index contributed by atoms with van der Waals surface area (Å²) in [6.45, 7) is 5.63. The first-order valence-corrected chi connectivity index (χ1v) is 5.14. The summed E-state index contributed by atoms with van der Waals surface area (Å²) in [5.41, 5.74) is -0.361. The van der Waals surface area contributed by atoms with E-state index in [9.17, 15) is 4.79 Å². The van der Waals surface area contributed by atoms with E-state index in [1.54, 1.807) is 0 Å². The molecule has 1 atom stereocenters. The molecule has 0 aliphatic carbocycles. The summed E-state index contributed by atoms with van der Waals surface area (Å²) in [5, 5.41) is 0. The predicted octanol–water partition coefficient (Wildman–Crippen LogP) is 1.32. The maximum atomic E-state index is 11.2. The Hall–Kier alpha value is -0.410. The Morgan fingerprint density at radius 1 is 1.43 bits per heavy atom. The minimum absolute atomic E-state index is 0.158. The highest BCUT2D eigenvalue weighted by atomic mass is 16.5. The van der Waals surface area contributed by atoms with Gasteiger partial charge in [0.2, 0.25) is 0 Å². The average Bonchev–Trinajstić information content (AvgIpc) is 2.01. The molecule has 1 rings (SSSR count). The summed E-state index contributed by atoms with van der Waals surface area (Å²) < 4.78 is 5.63. The van der Waals surface area contributed by atoms with Gasteiger partial charge in [-0.25, -0.2) is 0 Å². The van der Waals surface area contributed by atoms with E-state index in [0.29, 0.717) is 6.61 Å². The summed E-state index contributed by atoms with van der Waals surface area (Å²) in [4.78, 5) is 13.3. The van der Waals surface area contributed by atoms with Crippen molar-refractivity contribution in [2.24, 2.45) is 5.41 Å². The summed E-state index contributed by atoms with van der Waals surface area (Å²) in [7, 11) is 4.02. The summed E-state index contributed by atoms with van der Waals surface area (Å²) in [6, 6.07) is 0. The number of hydrogen-bond acceptors (Lipinski definition) is 3. The molecule has 0 aromatic carbocycles. The molecule has 0 aromatic rings. The van der Waals surface area contributed by atoms with Crippen LogP contribution in [0.1, 0.15) is 26.7 Å². The predicted molar refractivity (Wildman–Crippen MR) is 56.3 cm³/mol. The minimum Gasteiger partial charge on any atom is -0.376 e. The van der Waals surface area contributed by atoms with Crippen LogP contribution in [-0.4, -0.2) is 44.0 Å². The maximum absolute atomic E-state index is 11.2. The molecule has 0 spiro atoms. The highest BCUT2D eigenvalue weighted by Gasteiger charge is 2.41. The van der Waals surface area contributed by atoms with Gasteiger partial charge in [0, 0.05) is 18.6 Å². The molecule has 3 heteroatoms. The lowest BCUT2D eigenvalue weighted by molar-refractivity contribution is -0.138. The van der Waals surface area contributed by atoms with Gasteiger partial charge in [-0.05, 0) is 40.8 Å². The van der Waals surface area contributed by atoms with Crippen LogP contribution < -0.4 is 0 Å². The lowest BCUT2D eigenvalue weighted by atomic mass is 9.75. The van der Waals surface area contributed by atoms with Gasteiger partial charge in [0.25, 0.3) is 0 Å². The fourth-order valence-electron chi connectivity index (χ4n) is 2.42. The fraction of sp³-hybridized carbons (Fsp3) is 0.909. The molecule has 1 heterocycles. The molecular weight excluding hydrogens is 178 g/mol. The van der Waals surface area contributed by atoms with Gasteiger partial charge in [0.1, 0.15) is 6.29 Å². The maximum Gasteiger partial charge on any atom is 0.127 e. The van der Waals surface area contributed by atoms with Crippen LogP contribution in [0.3, 0.4) is 0 Å². The van der Waals surface area contributed by atoms with E-state index in [2.05, 4.69) is 18.7 Å². The van der Waals surface area contributed by atoms with Crippen LogP contribution in [0.2, 0.25) is 0 Å². The third kappa shape index (κ3) is 2.79. The second kappa shape index (κ2) is 3.99. The highest BCUT2D eigenvalue weighted by molar-refractivity contribution is 5.60. The van der Waals surface area contributed by atoms with Crippen molar-refractivity contribution in [3.63, 3.8) is 0 Å². The molecule has 0 saturated carbocycles. The monoisotopic (exact) mass is 199 g/mol. The van der Waals surface area contributed by atoms with Gasteiger partial charge in [0.05, 0.1) is 5.60 Å². The van der Waals surface area contributed by atoms with Crippen molar-refractivity contribution >= 4 is 6.29 Å². The first kappa shape index (κ1) is 11.7. The Morgan fingerprint density at radius 2 is 2.07 bits per heavy atom. The second-order valence-electron chi connectivity index (χ2n) is 5.25. The van der Waals surface area contributed by atoms with Gasteiger partial charge in [-0.15, -0.1) is 0 Å². The van der Waals surface area contributed by atoms with E-state index >= 15 is 0 Å². The van der Waals surface area contributed by atoms with Crippen molar-refractivity contribution in [3.05, 3.63) is 0 Å². The molecule has 14 heavy (non-hydrogen) atoms. The lowest BCUT2D eigenvalue weighted by Gasteiger charge is -2.42. The summed E-state index contributed by atoms with van der Waals surface area (Å²) in [5.74, 6) is 0. The highest BCUT2D eigenvalue weighted by Crippen LogP contribution is 2.37.